The van der Waals surface area contributed by atoms with Crippen LogP contribution in [0.25, 0.3) is 10.6 Å². The van der Waals surface area contributed by atoms with Gasteiger partial charge in [0.2, 0.25) is 5.91 Å². The van der Waals surface area contributed by atoms with Gasteiger partial charge in [-0.25, -0.2) is 4.98 Å². The van der Waals surface area contributed by atoms with Gasteiger partial charge >= 0.3 is 0 Å². The minimum Gasteiger partial charge on any atom is -0.392 e. The van der Waals surface area contributed by atoms with Gasteiger partial charge in [-0.15, -0.1) is 11.3 Å². The molecule has 1 N–H and O–H groups in total. The van der Waals surface area contributed by atoms with Crippen molar-refractivity contribution in [2.24, 2.45) is 23.2 Å². The Kier molecular flexibility index (Phi) is 6.12. The van der Waals surface area contributed by atoms with E-state index in [2.05, 4.69) is 30.7 Å². The first-order valence-electron chi connectivity index (χ1n) is 11.3. The SMILES string of the molecule is CCN(CC)C(=O)C(C)C1CCC2(C)Cc3sc(-c4ccsc4)nc3C(C)C2C1O. The molecular formula is C24H34N2O2S2. The number of fused-ring (bicyclic) bond motifs is 2. The number of nitrogens with zero attached hydrogens (tertiary/aromatic N) is 2. The lowest BCUT2D eigenvalue weighted by atomic mass is 9.53. The molecule has 2 aliphatic carbocycles. The van der Waals surface area contributed by atoms with E-state index in [1.165, 1.54) is 16.1 Å². The van der Waals surface area contributed by atoms with Gasteiger partial charge in [0, 0.05) is 40.7 Å². The molecule has 0 bridgehead atoms. The van der Waals surface area contributed by atoms with E-state index < -0.39 is 6.10 Å². The Morgan fingerprint density at radius 2 is 2.13 bits per heavy atom. The number of aromatic nitrogens is 1. The number of hydrogen-bond donors (Lipinski definition) is 1. The summed E-state index contributed by atoms with van der Waals surface area (Å²) in [4.78, 5) is 21.3. The van der Waals surface area contributed by atoms with Gasteiger partial charge in [-0.05, 0) is 61.8 Å². The Morgan fingerprint density at radius 3 is 2.77 bits per heavy atom. The van der Waals surface area contributed by atoms with E-state index in [4.69, 9.17) is 4.98 Å². The Morgan fingerprint density at radius 1 is 1.40 bits per heavy atom. The molecule has 6 atom stereocenters. The number of thiophene rings is 1. The van der Waals surface area contributed by atoms with Crippen LogP contribution in [0.2, 0.25) is 0 Å². The zero-order valence-electron chi connectivity index (χ0n) is 18.7. The van der Waals surface area contributed by atoms with Crippen LogP contribution in [-0.2, 0) is 11.2 Å². The largest absolute Gasteiger partial charge is 0.392 e. The van der Waals surface area contributed by atoms with Crippen molar-refractivity contribution in [3.05, 3.63) is 27.4 Å². The molecule has 4 nitrogen and oxygen atoms in total. The van der Waals surface area contributed by atoms with Crippen molar-refractivity contribution in [1.82, 2.24) is 9.88 Å². The fourth-order valence-corrected chi connectivity index (χ4v) is 8.14. The van der Waals surface area contributed by atoms with Gasteiger partial charge in [-0.1, -0.05) is 20.8 Å². The van der Waals surface area contributed by atoms with E-state index in [1.54, 1.807) is 11.3 Å². The molecule has 1 amide bonds. The van der Waals surface area contributed by atoms with E-state index in [1.807, 2.05) is 37.0 Å². The maximum Gasteiger partial charge on any atom is 0.225 e. The molecule has 2 heterocycles. The summed E-state index contributed by atoms with van der Waals surface area (Å²) in [5.41, 5.74) is 2.45. The second kappa shape index (κ2) is 8.36. The Balaban J connectivity index is 1.62. The second-order valence-corrected chi connectivity index (χ2v) is 11.3. The number of carbonyl (C=O) groups excluding carboxylic acids is 1. The minimum atomic E-state index is -0.465. The number of thiazole rings is 1. The first-order valence-corrected chi connectivity index (χ1v) is 13.1. The zero-order chi connectivity index (χ0) is 21.6. The maximum atomic E-state index is 13.0. The number of aliphatic hydroxyl groups excluding tert-OH is 1. The van der Waals surface area contributed by atoms with E-state index in [0.29, 0.717) is 0 Å². The highest BCUT2D eigenvalue weighted by atomic mass is 32.1. The third-order valence-electron chi connectivity index (χ3n) is 7.80. The van der Waals surface area contributed by atoms with Crippen molar-refractivity contribution in [2.45, 2.75) is 65.9 Å². The highest BCUT2D eigenvalue weighted by Gasteiger charge is 2.54. The molecule has 164 valence electrons. The summed E-state index contributed by atoms with van der Waals surface area (Å²) in [7, 11) is 0. The van der Waals surface area contributed by atoms with Crippen LogP contribution < -0.4 is 0 Å². The summed E-state index contributed by atoms with van der Waals surface area (Å²) in [6.45, 7) is 12.1. The van der Waals surface area contributed by atoms with Crippen molar-refractivity contribution in [3.8, 4) is 10.6 Å². The van der Waals surface area contributed by atoms with E-state index in [9.17, 15) is 9.90 Å². The number of aliphatic hydroxyl groups is 1. The smallest absolute Gasteiger partial charge is 0.225 e. The molecule has 2 aromatic rings. The fourth-order valence-electron chi connectivity index (χ4n) is 6.06. The predicted octanol–water partition coefficient (Wildman–Crippen LogP) is 5.43. The summed E-state index contributed by atoms with van der Waals surface area (Å²) in [6, 6.07) is 2.14. The standard InChI is InChI=1S/C24H34N2O2S2/c1-6-26(7-2)23(28)14(3)17-8-10-24(5)12-18-20(15(4)19(24)21(17)27)25-22(30-18)16-9-11-29-13-16/h9,11,13-15,17,19,21,27H,6-8,10,12H2,1-5H3. The van der Waals surface area contributed by atoms with Crippen LogP contribution in [-0.4, -0.2) is 40.1 Å². The molecule has 2 aliphatic rings. The summed E-state index contributed by atoms with van der Waals surface area (Å²) in [5, 5.41) is 16.9. The molecule has 30 heavy (non-hydrogen) atoms. The molecule has 0 spiro atoms. The maximum absolute atomic E-state index is 13.0. The summed E-state index contributed by atoms with van der Waals surface area (Å²) < 4.78 is 0. The molecule has 2 aromatic heterocycles. The monoisotopic (exact) mass is 446 g/mol. The summed E-state index contributed by atoms with van der Waals surface area (Å²) in [5.74, 6) is 0.416. The molecule has 0 radical (unpaired) electrons. The van der Waals surface area contributed by atoms with Crippen molar-refractivity contribution in [1.29, 1.82) is 0 Å². The Hall–Kier alpha value is -1.24. The number of hydrogen-bond acceptors (Lipinski definition) is 5. The molecule has 0 saturated heterocycles. The van der Waals surface area contributed by atoms with Gasteiger partial charge in [-0.3, -0.25) is 4.79 Å². The van der Waals surface area contributed by atoms with Crippen LogP contribution in [0.15, 0.2) is 16.8 Å². The van der Waals surface area contributed by atoms with Crippen LogP contribution in [0.1, 0.15) is 63.9 Å². The second-order valence-electron chi connectivity index (χ2n) is 9.48. The quantitative estimate of drug-likeness (QED) is 0.666. The molecule has 0 aromatic carbocycles. The molecule has 4 rings (SSSR count). The predicted molar refractivity (Wildman–Crippen MR) is 125 cm³/mol. The molecule has 6 unspecified atom stereocenters. The lowest BCUT2D eigenvalue weighted by Crippen LogP contribution is -2.53. The summed E-state index contributed by atoms with van der Waals surface area (Å²) >= 11 is 3.53. The van der Waals surface area contributed by atoms with Crippen molar-refractivity contribution < 1.29 is 9.90 Å². The topological polar surface area (TPSA) is 53.4 Å². The third kappa shape index (κ3) is 3.55. The average Bonchev–Trinajstić information content (AvgIpc) is 3.38. The molecular weight excluding hydrogens is 412 g/mol. The third-order valence-corrected chi connectivity index (χ3v) is 9.60. The average molecular weight is 447 g/mol. The number of amides is 1. The first-order chi connectivity index (χ1) is 14.3. The van der Waals surface area contributed by atoms with Crippen LogP contribution in [0.3, 0.4) is 0 Å². The van der Waals surface area contributed by atoms with E-state index in [-0.39, 0.29) is 35.0 Å². The van der Waals surface area contributed by atoms with Gasteiger partial charge in [0.1, 0.15) is 5.01 Å². The Bertz CT molecular complexity index is 889. The Labute approximate surface area is 188 Å². The van der Waals surface area contributed by atoms with Crippen LogP contribution >= 0.6 is 22.7 Å². The molecule has 0 aliphatic heterocycles. The number of carbonyl (C=O) groups is 1. The van der Waals surface area contributed by atoms with E-state index >= 15 is 0 Å². The van der Waals surface area contributed by atoms with Gasteiger partial charge in [-0.2, -0.15) is 11.3 Å². The fraction of sp³-hybridized carbons (Fsp3) is 0.667. The van der Waals surface area contributed by atoms with E-state index in [0.717, 1.165) is 37.4 Å². The van der Waals surface area contributed by atoms with Crippen molar-refractivity contribution in [2.75, 3.05) is 13.1 Å². The molecule has 6 heteroatoms. The van der Waals surface area contributed by atoms with Crippen LogP contribution in [0.4, 0.5) is 0 Å². The van der Waals surface area contributed by atoms with Crippen LogP contribution in [0, 0.1) is 23.2 Å². The lowest BCUT2D eigenvalue weighted by Gasteiger charge is -2.53. The van der Waals surface area contributed by atoms with Crippen LogP contribution in [0.5, 0.6) is 0 Å². The molecule has 1 fully saturated rings. The highest BCUT2D eigenvalue weighted by molar-refractivity contribution is 7.15. The number of rotatable bonds is 5. The first kappa shape index (κ1) is 22.0. The summed E-state index contributed by atoms with van der Waals surface area (Å²) in [6.07, 6.45) is 2.50. The normalized spacial score (nSPS) is 31.7. The molecule has 1 saturated carbocycles. The lowest BCUT2D eigenvalue weighted by molar-refractivity contribution is -0.144. The zero-order valence-corrected chi connectivity index (χ0v) is 20.4. The van der Waals surface area contributed by atoms with Crippen molar-refractivity contribution >= 4 is 28.6 Å². The van der Waals surface area contributed by atoms with Crippen molar-refractivity contribution in [3.63, 3.8) is 0 Å². The minimum absolute atomic E-state index is 0.0233. The van der Waals surface area contributed by atoms with Gasteiger partial charge in [0.05, 0.1) is 11.8 Å². The van der Waals surface area contributed by atoms with Gasteiger partial charge in [0.25, 0.3) is 0 Å². The highest BCUT2D eigenvalue weighted by Crippen LogP contribution is 2.57. The van der Waals surface area contributed by atoms with Gasteiger partial charge in [0.15, 0.2) is 0 Å². The van der Waals surface area contributed by atoms with Gasteiger partial charge < -0.3 is 10.0 Å².